The molecule has 0 saturated heterocycles. The van der Waals surface area contributed by atoms with Gasteiger partial charge < -0.3 is 5.32 Å². The lowest BCUT2D eigenvalue weighted by Gasteiger charge is -2.05. The van der Waals surface area contributed by atoms with E-state index < -0.39 is 0 Å². The Bertz CT molecular complexity index is 1150. The lowest BCUT2D eigenvalue weighted by molar-refractivity contribution is 0.0950. The van der Waals surface area contributed by atoms with Gasteiger partial charge in [-0.05, 0) is 43.3 Å². The highest BCUT2D eigenvalue weighted by Gasteiger charge is 2.21. The molecule has 1 N–H and O–H groups in total. The predicted octanol–water partition coefficient (Wildman–Crippen LogP) is 4.60. The van der Waals surface area contributed by atoms with Crippen LogP contribution in [0.3, 0.4) is 0 Å². The lowest BCUT2D eigenvalue weighted by atomic mass is 10.2. The summed E-state index contributed by atoms with van der Waals surface area (Å²) in [6, 6.07) is 16.8. The molecule has 0 aliphatic heterocycles. The molecule has 2 heterocycles. The van der Waals surface area contributed by atoms with Gasteiger partial charge in [0.15, 0.2) is 0 Å². The second kappa shape index (κ2) is 8.11. The summed E-state index contributed by atoms with van der Waals surface area (Å²) in [6.45, 7) is 2.08. The largest absolute Gasteiger partial charge is 0.348 e. The van der Waals surface area contributed by atoms with Gasteiger partial charge in [-0.25, -0.2) is 9.36 Å². The fourth-order valence-electron chi connectivity index (χ4n) is 2.95. The summed E-state index contributed by atoms with van der Waals surface area (Å²) >= 11 is 12.4. The molecule has 0 aliphatic rings. The van der Waals surface area contributed by atoms with Crippen molar-refractivity contribution >= 4 is 29.1 Å². The Hall–Kier alpha value is -3.09. The minimum Gasteiger partial charge on any atom is -0.348 e. The Morgan fingerprint density at radius 3 is 2.48 bits per heavy atom. The summed E-state index contributed by atoms with van der Waals surface area (Å²) in [7, 11) is 0. The van der Waals surface area contributed by atoms with Gasteiger partial charge in [-0.3, -0.25) is 4.79 Å². The Labute approximate surface area is 177 Å². The summed E-state index contributed by atoms with van der Waals surface area (Å²) < 4.78 is 3.29. The van der Waals surface area contributed by atoms with E-state index in [0.29, 0.717) is 22.8 Å². The van der Waals surface area contributed by atoms with Crippen LogP contribution in [-0.2, 0) is 6.54 Å². The van der Waals surface area contributed by atoms with E-state index in [1.165, 1.54) is 0 Å². The van der Waals surface area contributed by atoms with Crippen molar-refractivity contribution < 1.29 is 4.79 Å². The number of rotatable bonds is 5. The molecular formula is C21H17Cl2N5O. The van der Waals surface area contributed by atoms with Crippen molar-refractivity contribution in [3.05, 3.63) is 94.0 Å². The highest BCUT2D eigenvalue weighted by Crippen LogP contribution is 2.23. The van der Waals surface area contributed by atoms with Crippen molar-refractivity contribution in [3.63, 3.8) is 0 Å². The summed E-state index contributed by atoms with van der Waals surface area (Å²) in [5.74, 6) is -0.283. The molecule has 2 aromatic carbocycles. The van der Waals surface area contributed by atoms with Crippen molar-refractivity contribution in [1.29, 1.82) is 0 Å². The topological polar surface area (TPSA) is 64.7 Å². The Balaban J connectivity index is 1.48. The van der Waals surface area contributed by atoms with Crippen molar-refractivity contribution in [2.45, 2.75) is 13.5 Å². The fraction of sp³-hybridized carbons (Fsp3) is 0.0952. The van der Waals surface area contributed by atoms with Crippen LogP contribution in [0.5, 0.6) is 0 Å². The molecule has 0 unspecified atom stereocenters. The molecule has 6 nitrogen and oxygen atoms in total. The fourth-order valence-corrected chi connectivity index (χ4v) is 3.44. The van der Waals surface area contributed by atoms with E-state index in [1.54, 1.807) is 34.6 Å². The van der Waals surface area contributed by atoms with Crippen LogP contribution < -0.4 is 5.32 Å². The monoisotopic (exact) mass is 425 g/mol. The number of nitrogens with one attached hydrogen (secondary N) is 1. The van der Waals surface area contributed by atoms with E-state index in [2.05, 4.69) is 15.5 Å². The Morgan fingerprint density at radius 1 is 1.03 bits per heavy atom. The minimum absolute atomic E-state index is 0.281. The maximum Gasteiger partial charge on any atom is 0.256 e. The van der Waals surface area contributed by atoms with Crippen LogP contribution in [0.25, 0.3) is 11.4 Å². The molecule has 0 saturated carbocycles. The number of aryl methyl sites for hydroxylation is 1. The van der Waals surface area contributed by atoms with Gasteiger partial charge in [0.1, 0.15) is 5.15 Å². The number of hydrogen-bond donors (Lipinski definition) is 1. The van der Waals surface area contributed by atoms with E-state index in [9.17, 15) is 4.79 Å². The minimum atomic E-state index is -0.283. The van der Waals surface area contributed by atoms with Crippen LogP contribution in [0.1, 0.15) is 21.6 Å². The van der Waals surface area contributed by atoms with Gasteiger partial charge in [0.25, 0.3) is 5.91 Å². The number of nitrogens with zero attached hydrogens (tertiary/aromatic N) is 4. The highest BCUT2D eigenvalue weighted by atomic mass is 35.5. The third kappa shape index (κ3) is 4.04. The SMILES string of the molecule is Cc1nn(-c2ccccc2)c(Cl)c1C(=O)NCc1cnn(-c2ccc(Cl)cc2)c1. The average Bonchev–Trinajstić information content (AvgIpc) is 3.32. The normalized spacial score (nSPS) is 10.9. The Kier molecular flexibility index (Phi) is 5.38. The molecule has 0 radical (unpaired) electrons. The number of aromatic nitrogens is 4. The van der Waals surface area contributed by atoms with Gasteiger partial charge in [0.05, 0.1) is 28.8 Å². The van der Waals surface area contributed by atoms with Crippen LogP contribution in [0, 0.1) is 6.92 Å². The average molecular weight is 426 g/mol. The van der Waals surface area contributed by atoms with Gasteiger partial charge >= 0.3 is 0 Å². The second-order valence-electron chi connectivity index (χ2n) is 6.45. The lowest BCUT2D eigenvalue weighted by Crippen LogP contribution is -2.23. The third-order valence-corrected chi connectivity index (χ3v) is 5.01. The van der Waals surface area contributed by atoms with Crippen molar-refractivity contribution in [1.82, 2.24) is 24.9 Å². The van der Waals surface area contributed by atoms with Gasteiger partial charge in [0, 0.05) is 23.3 Å². The number of benzene rings is 2. The smallest absolute Gasteiger partial charge is 0.256 e. The van der Waals surface area contributed by atoms with E-state index in [-0.39, 0.29) is 11.1 Å². The summed E-state index contributed by atoms with van der Waals surface area (Å²) in [5.41, 5.74) is 3.46. The number of halogens is 2. The molecule has 8 heteroatoms. The van der Waals surface area contributed by atoms with Crippen LogP contribution in [0.4, 0.5) is 0 Å². The number of carbonyl (C=O) groups is 1. The molecule has 2 aromatic heterocycles. The number of carbonyl (C=O) groups excluding carboxylic acids is 1. The zero-order valence-corrected chi connectivity index (χ0v) is 17.0. The summed E-state index contributed by atoms with van der Waals surface area (Å²) in [5, 5.41) is 12.6. The maximum atomic E-state index is 12.7. The van der Waals surface area contributed by atoms with Crippen LogP contribution in [0.2, 0.25) is 10.2 Å². The van der Waals surface area contributed by atoms with E-state index >= 15 is 0 Å². The maximum absolute atomic E-state index is 12.7. The molecule has 146 valence electrons. The quantitative estimate of drug-likeness (QED) is 0.507. The van der Waals surface area contributed by atoms with Crippen molar-refractivity contribution in [2.24, 2.45) is 0 Å². The molecule has 4 rings (SSSR count). The second-order valence-corrected chi connectivity index (χ2v) is 7.25. The molecule has 29 heavy (non-hydrogen) atoms. The highest BCUT2D eigenvalue weighted by molar-refractivity contribution is 6.33. The van der Waals surface area contributed by atoms with Crippen LogP contribution in [-0.4, -0.2) is 25.5 Å². The van der Waals surface area contributed by atoms with E-state index in [1.807, 2.05) is 48.7 Å². The third-order valence-electron chi connectivity index (χ3n) is 4.41. The number of amides is 1. The zero-order chi connectivity index (χ0) is 20.4. The first-order valence-corrected chi connectivity index (χ1v) is 9.67. The molecule has 0 fully saturated rings. The number of hydrogen-bond acceptors (Lipinski definition) is 3. The molecule has 4 aromatic rings. The first-order chi connectivity index (χ1) is 14.0. The van der Waals surface area contributed by atoms with Gasteiger partial charge in [0.2, 0.25) is 0 Å². The first-order valence-electron chi connectivity index (χ1n) is 8.91. The number of para-hydroxylation sites is 1. The zero-order valence-electron chi connectivity index (χ0n) is 15.5. The van der Waals surface area contributed by atoms with Crippen molar-refractivity contribution in [2.75, 3.05) is 0 Å². The van der Waals surface area contributed by atoms with Gasteiger partial charge in [-0.2, -0.15) is 10.2 Å². The van der Waals surface area contributed by atoms with Crippen LogP contribution in [0.15, 0.2) is 67.0 Å². The van der Waals surface area contributed by atoms with Crippen LogP contribution >= 0.6 is 23.2 Å². The Morgan fingerprint density at radius 2 is 1.76 bits per heavy atom. The predicted molar refractivity (Wildman–Crippen MR) is 113 cm³/mol. The summed E-state index contributed by atoms with van der Waals surface area (Å²) in [4.78, 5) is 12.7. The van der Waals surface area contributed by atoms with Gasteiger partial charge in [-0.15, -0.1) is 0 Å². The molecule has 0 bridgehead atoms. The standard InChI is InChI=1S/C21H17Cl2N5O/c1-14-19(20(23)28(26-14)18-5-3-2-4-6-18)21(29)24-11-15-12-25-27(13-15)17-9-7-16(22)8-10-17/h2-10,12-13H,11H2,1H3,(H,24,29). The molecule has 0 atom stereocenters. The van der Waals surface area contributed by atoms with Gasteiger partial charge in [-0.1, -0.05) is 41.4 Å². The molecule has 0 aliphatic carbocycles. The van der Waals surface area contributed by atoms with E-state index in [0.717, 1.165) is 16.9 Å². The van der Waals surface area contributed by atoms with Crippen molar-refractivity contribution in [3.8, 4) is 11.4 Å². The molecule has 0 spiro atoms. The molecular weight excluding hydrogens is 409 g/mol. The van der Waals surface area contributed by atoms with E-state index in [4.69, 9.17) is 23.2 Å². The first kappa shape index (κ1) is 19.2. The summed E-state index contributed by atoms with van der Waals surface area (Å²) in [6.07, 6.45) is 3.56. The molecule has 1 amide bonds.